The average molecular weight is 341 g/mol. The molecule has 136 valence electrons. The highest BCUT2D eigenvalue weighted by Crippen LogP contribution is 2.38. The second kappa shape index (κ2) is 6.00. The van der Waals surface area contributed by atoms with Gasteiger partial charge < -0.3 is 20.1 Å². The van der Waals surface area contributed by atoms with Gasteiger partial charge in [-0.3, -0.25) is 14.5 Å². The first-order valence-electron chi connectivity index (χ1n) is 8.07. The van der Waals surface area contributed by atoms with Gasteiger partial charge in [-0.05, 0) is 20.3 Å². The highest BCUT2D eigenvalue weighted by Gasteiger charge is 2.50. The predicted molar refractivity (Wildman–Crippen MR) is 86.1 cm³/mol. The summed E-state index contributed by atoms with van der Waals surface area (Å²) in [7, 11) is 1.53. The highest BCUT2D eigenvalue weighted by atomic mass is 16.5. The normalized spacial score (nSPS) is 28.9. The third-order valence-corrected chi connectivity index (χ3v) is 5.11. The van der Waals surface area contributed by atoms with E-state index >= 15 is 0 Å². The van der Waals surface area contributed by atoms with Gasteiger partial charge in [-0.25, -0.2) is 4.79 Å². The quantitative estimate of drug-likeness (QED) is 0.699. The molecule has 8 heteroatoms. The van der Waals surface area contributed by atoms with Crippen molar-refractivity contribution in [2.45, 2.75) is 45.3 Å². The third kappa shape index (κ3) is 3.12. The van der Waals surface area contributed by atoms with Gasteiger partial charge in [0.1, 0.15) is 12.1 Å². The van der Waals surface area contributed by atoms with Crippen LogP contribution in [0.25, 0.3) is 0 Å². The van der Waals surface area contributed by atoms with Gasteiger partial charge in [0, 0.05) is 25.6 Å². The number of rotatable bonds is 4. The molecular weight excluding hydrogens is 314 g/mol. The van der Waals surface area contributed by atoms with Gasteiger partial charge in [0.05, 0.1) is 12.2 Å². The van der Waals surface area contributed by atoms with Crippen molar-refractivity contribution in [2.24, 2.45) is 5.41 Å². The van der Waals surface area contributed by atoms with Crippen LogP contribution < -0.4 is 5.32 Å². The fourth-order valence-electron chi connectivity index (χ4n) is 3.28. The van der Waals surface area contributed by atoms with E-state index < -0.39 is 28.5 Å². The Balaban J connectivity index is 2.05. The number of aliphatic hydroxyl groups is 1. The number of urea groups is 1. The molecule has 2 saturated heterocycles. The molecule has 1 atom stereocenters. The van der Waals surface area contributed by atoms with Crippen LogP contribution >= 0.6 is 0 Å². The van der Waals surface area contributed by atoms with Gasteiger partial charge in [-0.1, -0.05) is 13.8 Å². The van der Waals surface area contributed by atoms with Crippen LogP contribution in [0.4, 0.5) is 4.79 Å². The van der Waals surface area contributed by atoms with Crippen molar-refractivity contribution in [2.75, 3.05) is 33.4 Å². The van der Waals surface area contributed by atoms with Gasteiger partial charge in [0.25, 0.3) is 5.91 Å². The lowest BCUT2D eigenvalue weighted by Gasteiger charge is -2.50. The van der Waals surface area contributed by atoms with E-state index in [1.54, 1.807) is 18.7 Å². The van der Waals surface area contributed by atoms with Crippen LogP contribution in [-0.2, 0) is 14.3 Å². The summed E-state index contributed by atoms with van der Waals surface area (Å²) in [6.45, 7) is 7.56. The van der Waals surface area contributed by atoms with Crippen molar-refractivity contribution >= 4 is 17.8 Å². The van der Waals surface area contributed by atoms with E-state index in [2.05, 4.69) is 5.32 Å². The first-order chi connectivity index (χ1) is 10.9. The number of nitrogens with zero attached hydrogens (tertiary/aromatic N) is 2. The number of hydrogen-bond acceptors (Lipinski definition) is 5. The second-order valence-electron chi connectivity index (χ2n) is 7.86. The second-order valence-corrected chi connectivity index (χ2v) is 7.86. The smallest absolute Gasteiger partial charge is 0.325 e. The molecule has 0 radical (unpaired) electrons. The van der Waals surface area contributed by atoms with Crippen molar-refractivity contribution < 1.29 is 24.2 Å². The van der Waals surface area contributed by atoms with E-state index in [9.17, 15) is 19.5 Å². The molecule has 24 heavy (non-hydrogen) atoms. The summed E-state index contributed by atoms with van der Waals surface area (Å²) >= 11 is 0. The average Bonchev–Trinajstić information content (AvgIpc) is 2.64. The minimum Gasteiger partial charge on any atom is -0.387 e. The van der Waals surface area contributed by atoms with Crippen molar-refractivity contribution in [1.29, 1.82) is 0 Å². The number of ether oxygens (including phenoxy) is 1. The fourth-order valence-corrected chi connectivity index (χ4v) is 3.28. The van der Waals surface area contributed by atoms with Crippen LogP contribution in [-0.4, -0.2) is 77.2 Å². The van der Waals surface area contributed by atoms with Crippen molar-refractivity contribution in [3.05, 3.63) is 0 Å². The molecule has 4 amide bonds. The molecular formula is C16H27N3O5. The molecule has 2 rings (SSSR count). The SMILES string of the molecule is COCC1(O)CCN(C(=O)CN2C(=O)NC(C)(C)C2=O)CC1(C)C. The molecule has 1 unspecified atom stereocenters. The molecule has 2 fully saturated rings. The van der Waals surface area contributed by atoms with Crippen LogP contribution in [0.5, 0.6) is 0 Å². The lowest BCUT2D eigenvalue weighted by molar-refractivity contribution is -0.164. The largest absolute Gasteiger partial charge is 0.387 e. The summed E-state index contributed by atoms with van der Waals surface area (Å²) in [5, 5.41) is 13.3. The zero-order valence-corrected chi connectivity index (χ0v) is 15.0. The predicted octanol–water partition coefficient (Wildman–Crippen LogP) is -0.0472. The van der Waals surface area contributed by atoms with Crippen LogP contribution in [0, 0.1) is 5.41 Å². The molecule has 2 heterocycles. The highest BCUT2D eigenvalue weighted by molar-refractivity contribution is 6.08. The van der Waals surface area contributed by atoms with Crippen molar-refractivity contribution in [1.82, 2.24) is 15.1 Å². The van der Waals surface area contributed by atoms with Crippen LogP contribution in [0.3, 0.4) is 0 Å². The Labute approximate surface area is 142 Å². The Morgan fingerprint density at radius 1 is 1.29 bits per heavy atom. The van der Waals surface area contributed by atoms with Crippen LogP contribution in [0.15, 0.2) is 0 Å². The van der Waals surface area contributed by atoms with E-state index in [0.717, 1.165) is 4.90 Å². The lowest BCUT2D eigenvalue weighted by atomic mass is 9.70. The molecule has 0 aromatic rings. The van der Waals surface area contributed by atoms with E-state index in [0.29, 0.717) is 19.5 Å². The number of imide groups is 1. The molecule has 0 aromatic heterocycles. The van der Waals surface area contributed by atoms with Gasteiger partial charge in [0.2, 0.25) is 5.91 Å². The molecule has 2 aliphatic rings. The number of hydrogen-bond donors (Lipinski definition) is 2. The van der Waals surface area contributed by atoms with E-state index in [-0.39, 0.29) is 19.1 Å². The number of carbonyl (C=O) groups is 3. The Morgan fingerprint density at radius 3 is 2.38 bits per heavy atom. The number of amides is 4. The number of methoxy groups -OCH3 is 1. The minimum absolute atomic E-state index is 0.198. The van der Waals surface area contributed by atoms with Gasteiger partial charge in [-0.2, -0.15) is 0 Å². The Morgan fingerprint density at radius 2 is 1.92 bits per heavy atom. The molecule has 0 spiro atoms. The summed E-state index contributed by atoms with van der Waals surface area (Å²) < 4.78 is 5.12. The number of carbonyl (C=O) groups excluding carboxylic acids is 3. The molecule has 2 aliphatic heterocycles. The fraction of sp³-hybridized carbons (Fsp3) is 0.812. The van der Waals surface area contributed by atoms with Gasteiger partial charge in [-0.15, -0.1) is 0 Å². The minimum atomic E-state index is -1.01. The first-order valence-corrected chi connectivity index (χ1v) is 8.07. The molecule has 2 N–H and O–H groups in total. The molecule has 0 aromatic carbocycles. The maximum atomic E-state index is 12.6. The number of nitrogens with one attached hydrogen (secondary N) is 1. The summed E-state index contributed by atoms with van der Waals surface area (Å²) in [5.74, 6) is -0.711. The Kier molecular flexibility index (Phi) is 4.67. The monoisotopic (exact) mass is 341 g/mol. The molecule has 0 saturated carbocycles. The van der Waals surface area contributed by atoms with Crippen LogP contribution in [0.2, 0.25) is 0 Å². The van der Waals surface area contributed by atoms with Gasteiger partial charge in [0.15, 0.2) is 0 Å². The summed E-state index contributed by atoms with van der Waals surface area (Å²) in [6.07, 6.45) is 0.380. The standard InChI is InChI=1S/C16H27N3O5/c1-14(2)9-18(7-6-16(14,23)10-24-5)11(20)8-19-12(21)15(3,4)17-13(19)22/h23H,6-10H2,1-5H3,(H,17,22). The Bertz CT molecular complexity index is 560. The van der Waals surface area contributed by atoms with Gasteiger partial charge >= 0.3 is 6.03 Å². The summed E-state index contributed by atoms with van der Waals surface area (Å²) in [5.41, 5.74) is -2.56. The number of piperidine rings is 1. The lowest BCUT2D eigenvalue weighted by Crippen LogP contribution is -2.61. The number of likely N-dealkylation sites (tertiary alicyclic amines) is 1. The van der Waals surface area contributed by atoms with Crippen LogP contribution in [0.1, 0.15) is 34.1 Å². The summed E-state index contributed by atoms with van der Waals surface area (Å²) in [4.78, 5) is 39.2. The van der Waals surface area contributed by atoms with E-state index in [4.69, 9.17) is 4.74 Å². The molecule has 0 bridgehead atoms. The zero-order valence-electron chi connectivity index (χ0n) is 15.0. The summed E-state index contributed by atoms with van der Waals surface area (Å²) in [6, 6.07) is -0.550. The Hall–Kier alpha value is -1.67. The van der Waals surface area contributed by atoms with E-state index in [1.807, 2.05) is 13.8 Å². The topological polar surface area (TPSA) is 99.2 Å². The van der Waals surface area contributed by atoms with Crippen molar-refractivity contribution in [3.63, 3.8) is 0 Å². The molecule has 0 aliphatic carbocycles. The maximum Gasteiger partial charge on any atom is 0.325 e. The molecule has 8 nitrogen and oxygen atoms in total. The van der Waals surface area contributed by atoms with Crippen molar-refractivity contribution in [3.8, 4) is 0 Å². The first kappa shape index (κ1) is 18.7. The maximum absolute atomic E-state index is 12.6. The zero-order chi connectivity index (χ0) is 18.3. The third-order valence-electron chi connectivity index (χ3n) is 5.11. The van der Waals surface area contributed by atoms with E-state index in [1.165, 1.54) is 7.11 Å².